The molecule has 1 aliphatic carbocycles. The van der Waals surface area contributed by atoms with Gasteiger partial charge in [0, 0.05) is 17.0 Å². The molecule has 8 nitrogen and oxygen atoms in total. The van der Waals surface area contributed by atoms with Crippen LogP contribution in [0.3, 0.4) is 0 Å². The number of para-hydroxylation sites is 1. The molecule has 0 radical (unpaired) electrons. The lowest BCUT2D eigenvalue weighted by atomic mass is 9.90. The Bertz CT molecular complexity index is 1230. The van der Waals surface area contributed by atoms with Crippen LogP contribution in [0.5, 0.6) is 17.2 Å². The number of ether oxygens (including phenoxy) is 3. The summed E-state index contributed by atoms with van der Waals surface area (Å²) in [4.78, 5) is 31.4. The van der Waals surface area contributed by atoms with Crippen molar-refractivity contribution in [2.75, 3.05) is 25.8 Å². The van der Waals surface area contributed by atoms with E-state index in [9.17, 15) is 9.59 Å². The largest absolute Gasteiger partial charge is 0.496 e. The summed E-state index contributed by atoms with van der Waals surface area (Å²) in [6.07, 6.45) is 3.20. The van der Waals surface area contributed by atoms with E-state index in [1.54, 1.807) is 25.3 Å². The first-order chi connectivity index (χ1) is 16.6. The summed E-state index contributed by atoms with van der Waals surface area (Å²) < 4.78 is 16.0. The van der Waals surface area contributed by atoms with Crippen LogP contribution in [0.25, 0.3) is 0 Å². The van der Waals surface area contributed by atoms with Crippen molar-refractivity contribution in [3.63, 3.8) is 0 Å². The van der Waals surface area contributed by atoms with Crippen LogP contribution >= 0.6 is 11.3 Å². The molecule has 2 N–H and O–H groups in total. The average molecular weight is 480 g/mol. The summed E-state index contributed by atoms with van der Waals surface area (Å²) in [6.45, 7) is 0.671. The third-order valence-corrected chi connectivity index (χ3v) is 7.06. The van der Waals surface area contributed by atoms with Crippen LogP contribution in [0, 0.1) is 0 Å². The Morgan fingerprint density at radius 1 is 1.18 bits per heavy atom. The molecule has 34 heavy (non-hydrogen) atoms. The molecule has 3 aromatic rings. The molecule has 0 saturated carbocycles. The molecule has 2 aromatic carbocycles. The van der Waals surface area contributed by atoms with Gasteiger partial charge >= 0.3 is 0 Å². The fraction of sp³-hybridized carbons (Fsp3) is 0.320. The number of methoxy groups -OCH3 is 1. The zero-order valence-corrected chi connectivity index (χ0v) is 19.6. The molecule has 2 aliphatic rings. The number of aryl methyl sites for hydroxylation is 1. The second-order valence-electron chi connectivity index (χ2n) is 8.15. The van der Waals surface area contributed by atoms with E-state index in [0.29, 0.717) is 35.2 Å². The van der Waals surface area contributed by atoms with Gasteiger partial charge in [-0.2, -0.15) is 0 Å². The third-order valence-electron chi connectivity index (χ3n) is 6.01. The van der Waals surface area contributed by atoms with E-state index in [2.05, 4.69) is 15.6 Å². The summed E-state index contributed by atoms with van der Waals surface area (Å²) >= 11 is 1.44. The molecular formula is C25H25N3O5S. The van der Waals surface area contributed by atoms with Crippen molar-refractivity contribution >= 4 is 28.3 Å². The maximum absolute atomic E-state index is 13.0. The van der Waals surface area contributed by atoms with Crippen molar-refractivity contribution < 1.29 is 23.8 Å². The number of hydrogen-bond donors (Lipinski definition) is 2. The first-order valence-electron chi connectivity index (χ1n) is 11.2. The fourth-order valence-corrected chi connectivity index (χ4v) is 5.35. The number of fused-ring (bicyclic) bond motifs is 2. The lowest BCUT2D eigenvalue weighted by Gasteiger charge is -2.20. The van der Waals surface area contributed by atoms with Gasteiger partial charge in [-0.05, 0) is 55.5 Å². The average Bonchev–Trinajstić information content (AvgIpc) is 3.49. The Morgan fingerprint density at radius 2 is 2.03 bits per heavy atom. The first kappa shape index (κ1) is 22.2. The van der Waals surface area contributed by atoms with Crippen LogP contribution in [-0.2, 0) is 17.6 Å². The van der Waals surface area contributed by atoms with Crippen molar-refractivity contribution in [1.29, 1.82) is 0 Å². The summed E-state index contributed by atoms with van der Waals surface area (Å²) in [5.74, 6) is 1.38. The van der Waals surface area contributed by atoms with E-state index >= 15 is 0 Å². The fourth-order valence-electron chi connectivity index (χ4n) is 4.29. The molecule has 1 unspecified atom stereocenters. The standard InChI is InChI=1S/C25H25N3O5S/c1-31-18-7-3-2-5-15(18)11-12-26-24(30)17-6-4-8-21-22(17)27-25(34-21)28-23(29)16-9-10-19-20(13-16)33-14-32-19/h2-3,5,7,9-10,13,17H,4,6,8,11-12,14H2,1H3,(H,26,30)(H,27,28,29). The highest BCUT2D eigenvalue weighted by atomic mass is 32.1. The minimum absolute atomic E-state index is 0.0326. The van der Waals surface area contributed by atoms with Crippen molar-refractivity contribution in [3.05, 3.63) is 64.2 Å². The number of nitrogens with one attached hydrogen (secondary N) is 2. The maximum Gasteiger partial charge on any atom is 0.257 e. The Morgan fingerprint density at radius 3 is 2.91 bits per heavy atom. The van der Waals surface area contributed by atoms with Crippen LogP contribution in [0.15, 0.2) is 42.5 Å². The molecule has 2 heterocycles. The Labute approximate surface area is 201 Å². The highest BCUT2D eigenvalue weighted by Gasteiger charge is 2.30. The molecule has 2 amide bonds. The molecule has 0 saturated heterocycles. The number of rotatable bonds is 7. The van der Waals surface area contributed by atoms with Crippen LogP contribution in [0.2, 0.25) is 0 Å². The van der Waals surface area contributed by atoms with E-state index in [0.717, 1.165) is 41.1 Å². The molecule has 5 rings (SSSR count). The van der Waals surface area contributed by atoms with Crippen molar-refractivity contribution in [2.45, 2.75) is 31.6 Å². The second kappa shape index (κ2) is 9.72. The number of aromatic nitrogens is 1. The van der Waals surface area contributed by atoms with Crippen LogP contribution in [0.4, 0.5) is 5.13 Å². The number of amides is 2. The minimum Gasteiger partial charge on any atom is -0.496 e. The van der Waals surface area contributed by atoms with Gasteiger partial charge in [0.05, 0.1) is 18.7 Å². The van der Waals surface area contributed by atoms with Gasteiger partial charge in [0.2, 0.25) is 12.7 Å². The summed E-state index contributed by atoms with van der Waals surface area (Å²) in [6, 6.07) is 12.9. The van der Waals surface area contributed by atoms with Crippen LogP contribution in [-0.4, -0.2) is 37.2 Å². The van der Waals surface area contributed by atoms with E-state index in [1.165, 1.54) is 11.3 Å². The third kappa shape index (κ3) is 4.56. The maximum atomic E-state index is 13.0. The number of thiazole rings is 1. The van der Waals surface area contributed by atoms with Crippen LogP contribution < -0.4 is 24.8 Å². The molecule has 1 atom stereocenters. The van der Waals surface area contributed by atoms with Gasteiger partial charge in [-0.25, -0.2) is 4.98 Å². The number of hydrogen-bond acceptors (Lipinski definition) is 7. The number of nitrogens with zero attached hydrogens (tertiary/aromatic N) is 1. The predicted molar refractivity (Wildman–Crippen MR) is 128 cm³/mol. The summed E-state index contributed by atoms with van der Waals surface area (Å²) in [5, 5.41) is 6.42. The predicted octanol–water partition coefficient (Wildman–Crippen LogP) is 3.91. The molecule has 9 heteroatoms. The monoisotopic (exact) mass is 479 g/mol. The normalized spacial score (nSPS) is 16.0. The molecule has 0 spiro atoms. The second-order valence-corrected chi connectivity index (χ2v) is 9.23. The zero-order chi connectivity index (χ0) is 23.5. The molecular weight excluding hydrogens is 454 g/mol. The van der Waals surface area contributed by atoms with Gasteiger partial charge in [-0.3, -0.25) is 14.9 Å². The number of carbonyl (C=O) groups is 2. The Kier molecular flexibility index (Phi) is 6.35. The van der Waals surface area contributed by atoms with Gasteiger partial charge in [0.25, 0.3) is 5.91 Å². The summed E-state index contributed by atoms with van der Waals surface area (Å²) in [5.41, 5.74) is 2.28. The highest BCUT2D eigenvalue weighted by molar-refractivity contribution is 7.16. The van der Waals surface area contributed by atoms with Gasteiger partial charge in [0.1, 0.15) is 5.75 Å². The Hall–Kier alpha value is -3.59. The van der Waals surface area contributed by atoms with Crippen molar-refractivity contribution in [1.82, 2.24) is 10.3 Å². The zero-order valence-electron chi connectivity index (χ0n) is 18.8. The smallest absolute Gasteiger partial charge is 0.257 e. The molecule has 1 aromatic heterocycles. The molecule has 176 valence electrons. The highest BCUT2D eigenvalue weighted by Crippen LogP contribution is 2.37. The van der Waals surface area contributed by atoms with Crippen LogP contribution in [0.1, 0.15) is 45.3 Å². The van der Waals surface area contributed by atoms with E-state index in [4.69, 9.17) is 14.2 Å². The quantitative estimate of drug-likeness (QED) is 0.533. The first-order valence-corrected chi connectivity index (χ1v) is 12.0. The van der Waals surface area contributed by atoms with E-state index < -0.39 is 0 Å². The van der Waals surface area contributed by atoms with Crippen molar-refractivity contribution in [2.24, 2.45) is 0 Å². The lowest BCUT2D eigenvalue weighted by Crippen LogP contribution is -2.32. The van der Waals surface area contributed by atoms with E-state index in [-0.39, 0.29) is 24.5 Å². The van der Waals surface area contributed by atoms with Gasteiger partial charge in [-0.1, -0.05) is 18.2 Å². The van der Waals surface area contributed by atoms with Gasteiger partial charge in [-0.15, -0.1) is 11.3 Å². The summed E-state index contributed by atoms with van der Waals surface area (Å²) in [7, 11) is 1.64. The number of anilines is 1. The molecule has 0 bridgehead atoms. The van der Waals surface area contributed by atoms with Gasteiger partial charge in [0.15, 0.2) is 16.6 Å². The SMILES string of the molecule is COc1ccccc1CCNC(=O)C1CCCc2sc(NC(=O)c3ccc4c(c3)OCO4)nc21. The molecule has 1 aliphatic heterocycles. The Balaban J connectivity index is 1.23. The number of carbonyl (C=O) groups excluding carboxylic acids is 2. The van der Waals surface area contributed by atoms with Gasteiger partial charge < -0.3 is 19.5 Å². The molecule has 0 fully saturated rings. The van der Waals surface area contributed by atoms with E-state index in [1.807, 2.05) is 24.3 Å². The number of benzene rings is 2. The topological polar surface area (TPSA) is 98.8 Å². The van der Waals surface area contributed by atoms with Crippen molar-refractivity contribution in [3.8, 4) is 17.2 Å². The lowest BCUT2D eigenvalue weighted by molar-refractivity contribution is -0.122. The minimum atomic E-state index is -0.311.